The first kappa shape index (κ1) is 14.0. The molecule has 1 unspecified atom stereocenters. The first-order valence-electron chi connectivity index (χ1n) is 6.30. The molecule has 0 bridgehead atoms. The van der Waals surface area contributed by atoms with Gasteiger partial charge in [-0.1, -0.05) is 12.8 Å². The number of ether oxygens (including phenoxy) is 1. The number of ketones is 1. The maximum atomic E-state index is 11.7. The second kappa shape index (κ2) is 5.52. The predicted octanol–water partition coefficient (Wildman–Crippen LogP) is 2.66. The fourth-order valence-corrected chi connectivity index (χ4v) is 1.53. The van der Waals surface area contributed by atoms with Gasteiger partial charge in [-0.15, -0.1) is 0 Å². The Morgan fingerprint density at radius 3 is 2.41 bits per heavy atom. The third-order valence-electron chi connectivity index (χ3n) is 2.71. The van der Waals surface area contributed by atoms with E-state index in [0.29, 0.717) is 6.42 Å². The number of nitrogens with one attached hydrogen (secondary N) is 1. The SMILES string of the molecule is CC(NC(=O)OC(C)(C)C)C(=O)CCC1CC1. The Hall–Kier alpha value is -1.06. The summed E-state index contributed by atoms with van der Waals surface area (Å²) in [6.45, 7) is 7.10. The van der Waals surface area contributed by atoms with Gasteiger partial charge in [0, 0.05) is 6.42 Å². The first-order chi connectivity index (χ1) is 7.78. The van der Waals surface area contributed by atoms with Crippen LogP contribution in [0, 0.1) is 5.92 Å². The van der Waals surface area contributed by atoms with E-state index >= 15 is 0 Å². The molecule has 4 nitrogen and oxygen atoms in total. The van der Waals surface area contributed by atoms with Crippen molar-refractivity contribution in [3.63, 3.8) is 0 Å². The van der Waals surface area contributed by atoms with E-state index in [1.54, 1.807) is 27.7 Å². The average Bonchev–Trinajstić information content (AvgIpc) is 2.93. The number of carbonyl (C=O) groups excluding carboxylic acids is 2. The topological polar surface area (TPSA) is 55.4 Å². The fraction of sp³-hybridized carbons (Fsp3) is 0.846. The number of hydrogen-bond acceptors (Lipinski definition) is 3. The normalized spacial score (nSPS) is 17.4. The lowest BCUT2D eigenvalue weighted by Crippen LogP contribution is -2.41. The second-order valence-electron chi connectivity index (χ2n) is 5.82. The van der Waals surface area contributed by atoms with Crippen molar-refractivity contribution in [2.75, 3.05) is 0 Å². The summed E-state index contributed by atoms with van der Waals surface area (Å²) in [6.07, 6.45) is 3.49. The quantitative estimate of drug-likeness (QED) is 0.805. The van der Waals surface area contributed by atoms with Crippen LogP contribution in [0.3, 0.4) is 0 Å². The number of amides is 1. The van der Waals surface area contributed by atoms with Crippen LogP contribution in [0.1, 0.15) is 53.4 Å². The molecule has 0 saturated heterocycles. The highest BCUT2D eigenvalue weighted by molar-refractivity contribution is 5.87. The summed E-state index contributed by atoms with van der Waals surface area (Å²) in [5, 5.41) is 2.57. The Morgan fingerprint density at radius 1 is 1.35 bits per heavy atom. The Morgan fingerprint density at radius 2 is 1.94 bits per heavy atom. The van der Waals surface area contributed by atoms with Gasteiger partial charge in [-0.3, -0.25) is 4.79 Å². The van der Waals surface area contributed by atoms with Gasteiger partial charge in [-0.25, -0.2) is 4.79 Å². The molecule has 1 atom stereocenters. The third-order valence-corrected chi connectivity index (χ3v) is 2.71. The summed E-state index contributed by atoms with van der Waals surface area (Å²) in [7, 11) is 0. The molecule has 98 valence electrons. The van der Waals surface area contributed by atoms with Crippen LogP contribution in [0.2, 0.25) is 0 Å². The average molecular weight is 241 g/mol. The van der Waals surface area contributed by atoms with E-state index < -0.39 is 17.7 Å². The predicted molar refractivity (Wildman–Crippen MR) is 65.8 cm³/mol. The highest BCUT2D eigenvalue weighted by Crippen LogP contribution is 2.33. The molecule has 0 spiro atoms. The van der Waals surface area contributed by atoms with E-state index in [1.807, 2.05) is 0 Å². The van der Waals surface area contributed by atoms with Crippen LogP contribution >= 0.6 is 0 Å². The summed E-state index contributed by atoms with van der Waals surface area (Å²) in [4.78, 5) is 23.1. The monoisotopic (exact) mass is 241 g/mol. The van der Waals surface area contributed by atoms with Crippen molar-refractivity contribution in [1.82, 2.24) is 5.32 Å². The van der Waals surface area contributed by atoms with Crippen molar-refractivity contribution in [3.05, 3.63) is 0 Å². The highest BCUT2D eigenvalue weighted by atomic mass is 16.6. The molecule has 4 heteroatoms. The number of alkyl carbamates (subject to hydrolysis) is 1. The maximum Gasteiger partial charge on any atom is 0.408 e. The summed E-state index contributed by atoms with van der Waals surface area (Å²) in [6, 6.07) is -0.455. The molecule has 0 aromatic heterocycles. The minimum atomic E-state index is -0.527. The van der Waals surface area contributed by atoms with Gasteiger partial charge in [0.1, 0.15) is 5.60 Å². The molecule has 1 N–H and O–H groups in total. The molecule has 1 rings (SSSR count). The van der Waals surface area contributed by atoms with Gasteiger partial charge in [0.2, 0.25) is 0 Å². The summed E-state index contributed by atoms with van der Waals surface area (Å²) in [5.74, 6) is 0.829. The zero-order valence-corrected chi connectivity index (χ0v) is 11.2. The minimum Gasteiger partial charge on any atom is -0.444 e. The van der Waals surface area contributed by atoms with E-state index in [4.69, 9.17) is 4.74 Å². The van der Waals surface area contributed by atoms with Gasteiger partial charge >= 0.3 is 6.09 Å². The van der Waals surface area contributed by atoms with Crippen molar-refractivity contribution >= 4 is 11.9 Å². The van der Waals surface area contributed by atoms with Gasteiger partial charge in [-0.2, -0.15) is 0 Å². The van der Waals surface area contributed by atoms with Gasteiger partial charge in [0.15, 0.2) is 5.78 Å². The van der Waals surface area contributed by atoms with Crippen LogP contribution in [-0.4, -0.2) is 23.5 Å². The summed E-state index contributed by atoms with van der Waals surface area (Å²) < 4.78 is 5.09. The van der Waals surface area contributed by atoms with Crippen LogP contribution in [0.15, 0.2) is 0 Å². The molecule has 17 heavy (non-hydrogen) atoms. The summed E-state index contributed by atoms with van der Waals surface area (Å²) in [5.41, 5.74) is -0.527. The van der Waals surface area contributed by atoms with E-state index in [9.17, 15) is 9.59 Å². The number of rotatable bonds is 5. The number of carbonyl (C=O) groups is 2. The van der Waals surface area contributed by atoms with Gasteiger partial charge in [0.25, 0.3) is 0 Å². The molecule has 0 aromatic carbocycles. The molecule has 1 saturated carbocycles. The molecular weight excluding hydrogens is 218 g/mol. The molecule has 0 radical (unpaired) electrons. The smallest absolute Gasteiger partial charge is 0.408 e. The van der Waals surface area contributed by atoms with E-state index in [0.717, 1.165) is 12.3 Å². The maximum absolute atomic E-state index is 11.7. The molecule has 1 aliphatic carbocycles. The van der Waals surface area contributed by atoms with Crippen molar-refractivity contribution in [2.45, 2.75) is 65.0 Å². The Bertz CT molecular complexity index is 290. The molecular formula is C13H23NO3. The second-order valence-corrected chi connectivity index (χ2v) is 5.82. The Kier molecular flexibility index (Phi) is 4.54. The zero-order chi connectivity index (χ0) is 13.1. The van der Waals surface area contributed by atoms with Crippen LogP contribution in [-0.2, 0) is 9.53 Å². The molecule has 0 aliphatic heterocycles. The van der Waals surface area contributed by atoms with Crippen LogP contribution in [0.5, 0.6) is 0 Å². The van der Waals surface area contributed by atoms with Crippen LogP contribution in [0.4, 0.5) is 4.79 Å². The fourth-order valence-electron chi connectivity index (χ4n) is 1.53. The standard InChI is InChI=1S/C13H23NO3/c1-9(11(15)8-7-10-5-6-10)14-12(16)17-13(2,3)4/h9-10H,5-8H2,1-4H3,(H,14,16). The molecule has 1 amide bonds. The van der Waals surface area contributed by atoms with Crippen molar-refractivity contribution in [2.24, 2.45) is 5.92 Å². The van der Waals surface area contributed by atoms with Crippen molar-refractivity contribution < 1.29 is 14.3 Å². The van der Waals surface area contributed by atoms with Crippen molar-refractivity contribution in [1.29, 1.82) is 0 Å². The molecule has 1 aliphatic rings. The van der Waals surface area contributed by atoms with Crippen LogP contribution < -0.4 is 5.32 Å². The third kappa shape index (κ3) is 6.29. The summed E-state index contributed by atoms with van der Waals surface area (Å²) >= 11 is 0. The molecule has 1 fully saturated rings. The minimum absolute atomic E-state index is 0.0859. The largest absolute Gasteiger partial charge is 0.444 e. The Balaban J connectivity index is 2.23. The number of hydrogen-bond donors (Lipinski definition) is 1. The number of Topliss-reactive ketones (excluding diaryl/α,β-unsaturated/α-hetero) is 1. The van der Waals surface area contributed by atoms with E-state index in [1.165, 1.54) is 12.8 Å². The van der Waals surface area contributed by atoms with E-state index in [2.05, 4.69) is 5.32 Å². The lowest BCUT2D eigenvalue weighted by molar-refractivity contribution is -0.120. The lowest BCUT2D eigenvalue weighted by atomic mass is 10.1. The van der Waals surface area contributed by atoms with Gasteiger partial charge in [-0.05, 0) is 40.0 Å². The van der Waals surface area contributed by atoms with Crippen molar-refractivity contribution in [3.8, 4) is 0 Å². The van der Waals surface area contributed by atoms with Gasteiger partial charge in [0.05, 0.1) is 6.04 Å². The van der Waals surface area contributed by atoms with E-state index in [-0.39, 0.29) is 5.78 Å². The molecule has 0 heterocycles. The zero-order valence-electron chi connectivity index (χ0n) is 11.2. The molecule has 0 aromatic rings. The first-order valence-corrected chi connectivity index (χ1v) is 6.30. The highest BCUT2D eigenvalue weighted by Gasteiger charge is 2.25. The lowest BCUT2D eigenvalue weighted by Gasteiger charge is -2.21. The van der Waals surface area contributed by atoms with Crippen LogP contribution in [0.25, 0.3) is 0 Å². The van der Waals surface area contributed by atoms with Gasteiger partial charge < -0.3 is 10.1 Å². The Labute approximate surface area is 103 Å².